The number of ether oxygens (including phenoxy) is 4. The third-order valence-corrected chi connectivity index (χ3v) is 3.64. The standard InChI is InChI=1S/C11H14O6/c12-8-1-10(6-17-8)2-14-3-11(9(10)13)4-15-7-16-5-11/h1-7H2/t10-/m0/s1. The van der Waals surface area contributed by atoms with Crippen LogP contribution in [0.5, 0.6) is 0 Å². The molecule has 94 valence electrons. The minimum absolute atomic E-state index is 0.0122. The molecule has 3 fully saturated rings. The van der Waals surface area contributed by atoms with Crippen molar-refractivity contribution in [3.05, 3.63) is 0 Å². The van der Waals surface area contributed by atoms with Gasteiger partial charge in [-0.3, -0.25) is 9.59 Å². The SMILES string of the molecule is O=C1C[C@]2(COCC3(COCOC3)C2=O)CO1. The van der Waals surface area contributed by atoms with E-state index in [0.29, 0.717) is 19.8 Å². The highest BCUT2D eigenvalue weighted by atomic mass is 16.7. The molecule has 0 aromatic carbocycles. The summed E-state index contributed by atoms with van der Waals surface area (Å²) in [5.74, 6) is -0.349. The summed E-state index contributed by atoms with van der Waals surface area (Å²) in [7, 11) is 0. The fraction of sp³-hybridized carbons (Fsp3) is 0.818. The van der Waals surface area contributed by atoms with E-state index in [1.54, 1.807) is 0 Å². The van der Waals surface area contributed by atoms with Crippen molar-refractivity contribution in [3.63, 3.8) is 0 Å². The maximum absolute atomic E-state index is 12.6. The molecule has 0 amide bonds. The lowest BCUT2D eigenvalue weighted by molar-refractivity contribution is -0.210. The fourth-order valence-electron chi connectivity index (χ4n) is 2.76. The van der Waals surface area contributed by atoms with E-state index < -0.39 is 10.8 Å². The fourth-order valence-corrected chi connectivity index (χ4v) is 2.76. The van der Waals surface area contributed by atoms with Gasteiger partial charge in [-0.05, 0) is 0 Å². The molecule has 3 aliphatic rings. The monoisotopic (exact) mass is 242 g/mol. The van der Waals surface area contributed by atoms with Gasteiger partial charge in [0.1, 0.15) is 13.4 Å². The summed E-state index contributed by atoms with van der Waals surface area (Å²) < 4.78 is 20.9. The van der Waals surface area contributed by atoms with E-state index in [1.807, 2.05) is 0 Å². The molecule has 0 aliphatic carbocycles. The van der Waals surface area contributed by atoms with Crippen molar-refractivity contribution in [3.8, 4) is 0 Å². The Hall–Kier alpha value is -0.980. The van der Waals surface area contributed by atoms with Crippen LogP contribution < -0.4 is 0 Å². The van der Waals surface area contributed by atoms with Crippen LogP contribution in [0.2, 0.25) is 0 Å². The largest absolute Gasteiger partial charge is 0.464 e. The number of hydrogen-bond donors (Lipinski definition) is 0. The molecule has 3 aliphatic heterocycles. The average molecular weight is 242 g/mol. The Morgan fingerprint density at radius 2 is 1.47 bits per heavy atom. The smallest absolute Gasteiger partial charge is 0.307 e. The Morgan fingerprint density at radius 3 is 2.12 bits per heavy atom. The van der Waals surface area contributed by atoms with Gasteiger partial charge >= 0.3 is 5.97 Å². The van der Waals surface area contributed by atoms with Crippen molar-refractivity contribution in [1.29, 1.82) is 0 Å². The molecular formula is C11H14O6. The second-order valence-corrected chi connectivity index (χ2v) is 5.03. The number of hydrogen-bond acceptors (Lipinski definition) is 6. The average Bonchev–Trinajstić information content (AvgIpc) is 2.71. The van der Waals surface area contributed by atoms with E-state index in [9.17, 15) is 9.59 Å². The van der Waals surface area contributed by atoms with Crippen LogP contribution in [-0.2, 0) is 28.5 Å². The summed E-state index contributed by atoms with van der Waals surface area (Å²) in [5.41, 5.74) is -1.58. The molecule has 6 heteroatoms. The lowest BCUT2D eigenvalue weighted by atomic mass is 9.68. The van der Waals surface area contributed by atoms with Gasteiger partial charge in [-0.25, -0.2) is 0 Å². The molecule has 0 saturated carbocycles. The predicted octanol–water partition coefficient (Wildman–Crippen LogP) is -0.490. The predicted molar refractivity (Wildman–Crippen MR) is 53.0 cm³/mol. The van der Waals surface area contributed by atoms with Crippen molar-refractivity contribution >= 4 is 11.8 Å². The zero-order valence-corrected chi connectivity index (χ0v) is 9.40. The van der Waals surface area contributed by atoms with Gasteiger partial charge in [0.05, 0.1) is 43.7 Å². The van der Waals surface area contributed by atoms with Crippen molar-refractivity contribution < 1.29 is 28.5 Å². The van der Waals surface area contributed by atoms with E-state index >= 15 is 0 Å². The van der Waals surface area contributed by atoms with Crippen LogP contribution in [0.4, 0.5) is 0 Å². The highest BCUT2D eigenvalue weighted by Crippen LogP contribution is 2.43. The van der Waals surface area contributed by atoms with Gasteiger partial charge in [0.25, 0.3) is 0 Å². The molecule has 1 atom stereocenters. The number of Topliss-reactive ketones (excluding diaryl/α,β-unsaturated/α-hetero) is 1. The van der Waals surface area contributed by atoms with Gasteiger partial charge in [-0.1, -0.05) is 0 Å². The lowest BCUT2D eigenvalue weighted by Crippen LogP contribution is -2.59. The number of cyclic esters (lactones) is 1. The quantitative estimate of drug-likeness (QED) is 0.534. The van der Waals surface area contributed by atoms with Crippen molar-refractivity contribution in [2.24, 2.45) is 10.8 Å². The van der Waals surface area contributed by atoms with Gasteiger partial charge < -0.3 is 18.9 Å². The summed E-state index contributed by atoms with van der Waals surface area (Å²) in [6.07, 6.45) is 0.105. The van der Waals surface area contributed by atoms with Crippen LogP contribution in [0, 0.1) is 10.8 Å². The van der Waals surface area contributed by atoms with E-state index in [4.69, 9.17) is 18.9 Å². The first-order valence-electron chi connectivity index (χ1n) is 5.61. The first-order chi connectivity index (χ1) is 8.17. The molecule has 6 nitrogen and oxygen atoms in total. The van der Waals surface area contributed by atoms with Crippen LogP contribution in [-0.4, -0.2) is 51.6 Å². The first kappa shape index (κ1) is 11.1. The lowest BCUT2D eigenvalue weighted by Gasteiger charge is -2.44. The molecule has 0 aromatic heterocycles. The van der Waals surface area contributed by atoms with Crippen LogP contribution >= 0.6 is 0 Å². The zero-order valence-electron chi connectivity index (χ0n) is 9.40. The van der Waals surface area contributed by atoms with Gasteiger partial charge in [-0.15, -0.1) is 0 Å². The maximum Gasteiger partial charge on any atom is 0.307 e. The van der Waals surface area contributed by atoms with E-state index in [0.717, 1.165) is 0 Å². The molecule has 0 unspecified atom stereocenters. The minimum atomic E-state index is -0.820. The summed E-state index contributed by atoms with van der Waals surface area (Å²) in [5, 5.41) is 0. The molecule has 17 heavy (non-hydrogen) atoms. The Bertz CT molecular complexity index is 353. The molecule has 3 heterocycles. The second-order valence-electron chi connectivity index (χ2n) is 5.03. The maximum atomic E-state index is 12.6. The highest BCUT2D eigenvalue weighted by Gasteiger charge is 2.59. The molecule has 0 N–H and O–H groups in total. The van der Waals surface area contributed by atoms with Crippen molar-refractivity contribution in [2.45, 2.75) is 6.42 Å². The zero-order chi connectivity index (χ0) is 11.9. The Kier molecular flexibility index (Phi) is 2.46. The topological polar surface area (TPSA) is 71.1 Å². The molecule has 2 spiro atoms. The van der Waals surface area contributed by atoms with Gasteiger partial charge in [-0.2, -0.15) is 0 Å². The van der Waals surface area contributed by atoms with E-state index in [1.165, 1.54) is 0 Å². The first-order valence-corrected chi connectivity index (χ1v) is 5.61. The van der Waals surface area contributed by atoms with Crippen molar-refractivity contribution in [1.82, 2.24) is 0 Å². The van der Waals surface area contributed by atoms with Crippen LogP contribution in [0.3, 0.4) is 0 Å². The summed E-state index contributed by atoms with van der Waals surface area (Å²) >= 11 is 0. The molecule has 0 radical (unpaired) electrons. The van der Waals surface area contributed by atoms with E-state index in [2.05, 4.69) is 0 Å². The molecule has 0 bridgehead atoms. The second kappa shape index (κ2) is 3.76. The number of carbonyl (C=O) groups is 2. The van der Waals surface area contributed by atoms with Crippen LogP contribution in [0.15, 0.2) is 0 Å². The van der Waals surface area contributed by atoms with Crippen LogP contribution in [0.25, 0.3) is 0 Å². The normalized spacial score (nSPS) is 36.5. The number of esters is 1. The van der Waals surface area contributed by atoms with Gasteiger partial charge in [0.15, 0.2) is 5.78 Å². The third kappa shape index (κ3) is 1.59. The Labute approximate surface area is 98.1 Å². The van der Waals surface area contributed by atoms with Crippen molar-refractivity contribution in [2.75, 3.05) is 39.8 Å². The van der Waals surface area contributed by atoms with E-state index in [-0.39, 0.29) is 38.2 Å². The van der Waals surface area contributed by atoms with Crippen LogP contribution in [0.1, 0.15) is 6.42 Å². The summed E-state index contributed by atoms with van der Waals surface area (Å²) in [4.78, 5) is 23.8. The minimum Gasteiger partial charge on any atom is -0.464 e. The van der Waals surface area contributed by atoms with Gasteiger partial charge in [0, 0.05) is 0 Å². The molecule has 3 rings (SSSR count). The molecule has 3 saturated heterocycles. The Morgan fingerprint density at radius 1 is 0.824 bits per heavy atom. The molecular weight excluding hydrogens is 228 g/mol. The highest BCUT2D eigenvalue weighted by molar-refractivity contribution is 5.96. The Balaban J connectivity index is 1.88. The summed E-state index contributed by atoms with van der Waals surface area (Å²) in [6, 6.07) is 0. The summed E-state index contributed by atoms with van der Waals surface area (Å²) in [6.45, 7) is 1.45. The van der Waals surface area contributed by atoms with Gasteiger partial charge in [0.2, 0.25) is 0 Å². The number of rotatable bonds is 0. The number of carbonyl (C=O) groups excluding carboxylic acids is 2. The number of ketones is 1. The third-order valence-electron chi connectivity index (χ3n) is 3.64. The molecule has 0 aromatic rings.